The van der Waals surface area contributed by atoms with Gasteiger partial charge >= 0.3 is 0 Å². The van der Waals surface area contributed by atoms with Crippen molar-refractivity contribution < 1.29 is 8.42 Å². The van der Waals surface area contributed by atoms with Crippen LogP contribution in [-0.4, -0.2) is 8.42 Å². The highest BCUT2D eigenvalue weighted by atomic mass is 35.5. The first-order valence-electron chi connectivity index (χ1n) is 6.06. The van der Waals surface area contributed by atoms with Crippen molar-refractivity contribution in [1.82, 2.24) is 0 Å². The predicted octanol–water partition coefficient (Wildman–Crippen LogP) is 3.99. The first-order chi connectivity index (χ1) is 9.72. The Morgan fingerprint density at radius 3 is 2.14 bits per heavy atom. The van der Waals surface area contributed by atoms with E-state index >= 15 is 0 Å². The standard InChI is InChI=1S/C14H14Cl2N2O2S/c1-8-6-12(17)13(7-9(8)2)21(19,20)18-14-10(15)4-3-5-11(14)16/h3-7,18H,17H2,1-2H3. The lowest BCUT2D eigenvalue weighted by Crippen LogP contribution is -2.16. The minimum Gasteiger partial charge on any atom is -0.398 e. The first kappa shape index (κ1) is 15.9. The zero-order valence-corrected chi connectivity index (χ0v) is 13.8. The highest BCUT2D eigenvalue weighted by molar-refractivity contribution is 7.93. The zero-order valence-electron chi connectivity index (χ0n) is 11.4. The monoisotopic (exact) mass is 344 g/mol. The predicted molar refractivity (Wildman–Crippen MR) is 87.6 cm³/mol. The summed E-state index contributed by atoms with van der Waals surface area (Å²) in [6.07, 6.45) is 0. The fourth-order valence-corrected chi connectivity index (χ4v) is 3.73. The molecule has 0 unspecified atom stereocenters. The molecule has 7 heteroatoms. The Morgan fingerprint density at radius 2 is 1.57 bits per heavy atom. The van der Waals surface area contributed by atoms with Crippen LogP contribution in [0.15, 0.2) is 35.2 Å². The summed E-state index contributed by atoms with van der Waals surface area (Å²) in [7, 11) is -3.87. The summed E-state index contributed by atoms with van der Waals surface area (Å²) in [5, 5.41) is 0.432. The van der Waals surface area contributed by atoms with Gasteiger partial charge in [-0.3, -0.25) is 4.72 Å². The first-order valence-corrected chi connectivity index (χ1v) is 8.30. The lowest BCUT2D eigenvalue weighted by molar-refractivity contribution is 0.601. The maximum Gasteiger partial charge on any atom is 0.264 e. The average Bonchev–Trinajstić information content (AvgIpc) is 2.38. The molecule has 0 saturated carbocycles. The molecular weight excluding hydrogens is 331 g/mol. The van der Waals surface area contributed by atoms with Gasteiger partial charge < -0.3 is 5.73 Å². The van der Waals surface area contributed by atoms with Crippen molar-refractivity contribution in [1.29, 1.82) is 0 Å². The van der Waals surface area contributed by atoms with Gasteiger partial charge in [-0.2, -0.15) is 0 Å². The van der Waals surface area contributed by atoms with Crippen LogP contribution in [0.2, 0.25) is 10.0 Å². The smallest absolute Gasteiger partial charge is 0.264 e. The molecule has 0 amide bonds. The largest absolute Gasteiger partial charge is 0.398 e. The maximum absolute atomic E-state index is 12.5. The van der Waals surface area contributed by atoms with Crippen molar-refractivity contribution in [2.45, 2.75) is 18.7 Å². The molecule has 2 aromatic rings. The van der Waals surface area contributed by atoms with Gasteiger partial charge in [0.25, 0.3) is 10.0 Å². The van der Waals surface area contributed by atoms with E-state index in [2.05, 4.69) is 4.72 Å². The van der Waals surface area contributed by atoms with Gasteiger partial charge in [-0.15, -0.1) is 0 Å². The molecular formula is C14H14Cl2N2O2S. The molecule has 0 atom stereocenters. The molecule has 0 aliphatic carbocycles. The summed E-state index contributed by atoms with van der Waals surface area (Å²) in [4.78, 5) is 0.00147. The van der Waals surface area contributed by atoms with Crippen LogP contribution in [0.25, 0.3) is 0 Å². The molecule has 3 N–H and O–H groups in total. The minimum absolute atomic E-state index is 0.00147. The number of nitrogens with two attached hydrogens (primary N) is 1. The van der Waals surface area contributed by atoms with E-state index in [0.29, 0.717) is 0 Å². The lowest BCUT2D eigenvalue weighted by atomic mass is 10.1. The third-order valence-electron chi connectivity index (χ3n) is 3.11. The van der Waals surface area contributed by atoms with E-state index in [-0.39, 0.29) is 26.3 Å². The second-order valence-electron chi connectivity index (χ2n) is 4.68. The van der Waals surface area contributed by atoms with Crippen LogP contribution in [-0.2, 0) is 10.0 Å². The number of rotatable bonds is 3. The van der Waals surface area contributed by atoms with E-state index < -0.39 is 10.0 Å². The summed E-state index contributed by atoms with van der Waals surface area (Å²) < 4.78 is 27.4. The van der Waals surface area contributed by atoms with Gasteiger partial charge in [0.1, 0.15) is 4.90 Å². The molecule has 112 valence electrons. The van der Waals surface area contributed by atoms with Gasteiger partial charge in [-0.25, -0.2) is 8.42 Å². The fourth-order valence-electron chi connectivity index (χ4n) is 1.83. The number of aryl methyl sites for hydroxylation is 2. The van der Waals surface area contributed by atoms with Gasteiger partial charge in [0.15, 0.2) is 0 Å². The normalized spacial score (nSPS) is 11.4. The molecule has 0 aliphatic heterocycles. The molecule has 0 bridgehead atoms. The van der Waals surface area contributed by atoms with Gasteiger partial charge in [0.05, 0.1) is 21.4 Å². The van der Waals surface area contributed by atoms with Gasteiger partial charge in [0, 0.05) is 0 Å². The second kappa shape index (κ2) is 5.75. The van der Waals surface area contributed by atoms with E-state index in [0.717, 1.165) is 11.1 Å². The molecule has 2 aromatic carbocycles. The lowest BCUT2D eigenvalue weighted by Gasteiger charge is -2.14. The number of hydrogen-bond acceptors (Lipinski definition) is 3. The maximum atomic E-state index is 12.5. The van der Waals surface area contributed by atoms with Crippen LogP contribution in [0.1, 0.15) is 11.1 Å². The van der Waals surface area contributed by atoms with Crippen molar-refractivity contribution in [2.24, 2.45) is 0 Å². The van der Waals surface area contributed by atoms with Gasteiger partial charge in [0.2, 0.25) is 0 Å². The molecule has 0 aliphatic rings. The Morgan fingerprint density at radius 1 is 1.05 bits per heavy atom. The molecule has 0 fully saturated rings. The van der Waals surface area contributed by atoms with Crippen LogP contribution >= 0.6 is 23.2 Å². The van der Waals surface area contributed by atoms with Crippen molar-refractivity contribution in [3.8, 4) is 0 Å². The highest BCUT2D eigenvalue weighted by Gasteiger charge is 2.21. The average molecular weight is 345 g/mol. The van der Waals surface area contributed by atoms with E-state index in [9.17, 15) is 8.42 Å². The topological polar surface area (TPSA) is 72.2 Å². The summed E-state index contributed by atoms with van der Waals surface area (Å²) in [6, 6.07) is 7.88. The van der Waals surface area contributed by atoms with Crippen LogP contribution in [0.4, 0.5) is 11.4 Å². The van der Waals surface area contributed by atoms with E-state index in [1.807, 2.05) is 13.8 Å². The van der Waals surface area contributed by atoms with Crippen molar-refractivity contribution in [3.63, 3.8) is 0 Å². The Labute approximate surface area is 133 Å². The van der Waals surface area contributed by atoms with E-state index in [4.69, 9.17) is 28.9 Å². The summed E-state index contributed by atoms with van der Waals surface area (Å²) in [5.74, 6) is 0. The third kappa shape index (κ3) is 3.26. The Balaban J connectivity index is 2.51. The van der Waals surface area contributed by atoms with E-state index in [1.54, 1.807) is 24.3 Å². The number of hydrogen-bond donors (Lipinski definition) is 2. The summed E-state index contributed by atoms with van der Waals surface area (Å²) >= 11 is 12.0. The molecule has 2 rings (SSSR count). The van der Waals surface area contributed by atoms with Gasteiger partial charge in [-0.1, -0.05) is 29.3 Å². The zero-order chi connectivity index (χ0) is 15.8. The van der Waals surface area contributed by atoms with Crippen molar-refractivity contribution in [3.05, 3.63) is 51.5 Å². The second-order valence-corrected chi connectivity index (χ2v) is 7.14. The summed E-state index contributed by atoms with van der Waals surface area (Å²) in [5.41, 5.74) is 7.88. The Bertz CT molecular complexity index is 785. The number of nitrogens with one attached hydrogen (secondary N) is 1. The minimum atomic E-state index is -3.87. The Kier molecular flexibility index (Phi) is 4.37. The van der Waals surface area contributed by atoms with Crippen LogP contribution in [0, 0.1) is 13.8 Å². The quantitative estimate of drug-likeness (QED) is 0.826. The van der Waals surface area contributed by atoms with Crippen molar-refractivity contribution in [2.75, 3.05) is 10.5 Å². The van der Waals surface area contributed by atoms with Crippen LogP contribution < -0.4 is 10.5 Å². The van der Waals surface area contributed by atoms with Crippen LogP contribution in [0.3, 0.4) is 0 Å². The number of para-hydroxylation sites is 1. The molecule has 0 aromatic heterocycles. The fraction of sp³-hybridized carbons (Fsp3) is 0.143. The molecule has 0 radical (unpaired) electrons. The number of sulfonamides is 1. The van der Waals surface area contributed by atoms with Crippen molar-refractivity contribution >= 4 is 44.6 Å². The molecule has 0 saturated heterocycles. The summed E-state index contributed by atoms with van der Waals surface area (Å²) in [6.45, 7) is 3.68. The number of benzene rings is 2. The third-order valence-corrected chi connectivity index (χ3v) is 5.15. The van der Waals surface area contributed by atoms with Gasteiger partial charge in [-0.05, 0) is 49.2 Å². The van der Waals surface area contributed by atoms with Crippen LogP contribution in [0.5, 0.6) is 0 Å². The molecule has 0 heterocycles. The SMILES string of the molecule is Cc1cc(N)c(S(=O)(=O)Nc2c(Cl)cccc2Cl)cc1C. The Hall–Kier alpha value is -1.43. The highest BCUT2D eigenvalue weighted by Crippen LogP contribution is 2.33. The molecule has 0 spiro atoms. The number of anilines is 2. The molecule has 21 heavy (non-hydrogen) atoms. The number of nitrogen functional groups attached to an aromatic ring is 1. The van der Waals surface area contributed by atoms with E-state index in [1.165, 1.54) is 6.07 Å². The molecule has 4 nitrogen and oxygen atoms in total. The number of halogens is 2.